The zero-order valence-electron chi connectivity index (χ0n) is 9.79. The third-order valence-corrected chi connectivity index (χ3v) is 3.56. The van der Waals surface area contributed by atoms with Crippen molar-refractivity contribution in [3.63, 3.8) is 0 Å². The summed E-state index contributed by atoms with van der Waals surface area (Å²) in [6, 6.07) is 0. The summed E-state index contributed by atoms with van der Waals surface area (Å²) in [6.45, 7) is 2.42. The van der Waals surface area contributed by atoms with Gasteiger partial charge in [-0.3, -0.25) is 9.63 Å². The predicted octanol–water partition coefficient (Wildman–Crippen LogP) is -0.448. The first-order chi connectivity index (χ1) is 8.52. The molecule has 0 bridgehead atoms. The van der Waals surface area contributed by atoms with E-state index in [1.165, 1.54) is 12.2 Å². The highest BCUT2D eigenvalue weighted by molar-refractivity contribution is 7.90. The van der Waals surface area contributed by atoms with Crippen molar-refractivity contribution in [2.24, 2.45) is 4.40 Å². The van der Waals surface area contributed by atoms with Crippen molar-refractivity contribution in [3.05, 3.63) is 23.9 Å². The molecule has 0 aliphatic carbocycles. The zero-order valence-corrected chi connectivity index (χ0v) is 10.6. The van der Waals surface area contributed by atoms with Crippen LogP contribution in [-0.4, -0.2) is 44.0 Å². The lowest BCUT2D eigenvalue weighted by Gasteiger charge is -2.26. The molecule has 0 unspecified atom stereocenters. The van der Waals surface area contributed by atoms with Gasteiger partial charge in [0, 0.05) is 12.7 Å². The number of nitrogens with one attached hydrogen (secondary N) is 1. The summed E-state index contributed by atoms with van der Waals surface area (Å²) in [7, 11) is -3.36. The minimum absolute atomic E-state index is 0.0544. The van der Waals surface area contributed by atoms with Gasteiger partial charge in [0.05, 0.1) is 17.9 Å². The summed E-state index contributed by atoms with van der Waals surface area (Å²) in [4.78, 5) is 18.0. The molecule has 0 fully saturated rings. The van der Waals surface area contributed by atoms with E-state index in [2.05, 4.69) is 9.88 Å². The maximum absolute atomic E-state index is 11.6. The van der Waals surface area contributed by atoms with Crippen LogP contribution in [0.25, 0.3) is 0 Å². The first kappa shape index (κ1) is 12.8. The number of carbonyl (C=O) groups excluding carboxylic acids is 1. The molecule has 7 nitrogen and oxygen atoms in total. The lowest BCUT2D eigenvalue weighted by molar-refractivity contribution is -0.128. The molecule has 0 saturated heterocycles. The number of amides is 1. The molecule has 1 amide bonds. The van der Waals surface area contributed by atoms with Crippen LogP contribution in [0.4, 0.5) is 0 Å². The van der Waals surface area contributed by atoms with Gasteiger partial charge in [-0.1, -0.05) is 0 Å². The molecule has 18 heavy (non-hydrogen) atoms. The molecule has 0 aromatic heterocycles. The Labute approximate surface area is 105 Å². The molecule has 1 N–H and O–H groups in total. The largest absolute Gasteiger partial charge is 0.330 e. The molecular weight excluding hydrogens is 258 g/mol. The second kappa shape index (κ2) is 4.91. The maximum Gasteiger partial charge on any atom is 0.276 e. The third-order valence-electron chi connectivity index (χ3n) is 2.40. The highest BCUT2D eigenvalue weighted by Gasteiger charge is 2.24. The van der Waals surface area contributed by atoms with Crippen LogP contribution < -0.4 is 5.48 Å². The summed E-state index contributed by atoms with van der Waals surface area (Å²) in [6.07, 6.45) is 4.56. The number of hydroxylamine groups is 1. The van der Waals surface area contributed by atoms with E-state index >= 15 is 0 Å². The van der Waals surface area contributed by atoms with E-state index in [4.69, 9.17) is 4.84 Å². The molecule has 2 heterocycles. The fourth-order valence-corrected chi connectivity index (χ4v) is 2.50. The Kier molecular flexibility index (Phi) is 3.48. The zero-order chi connectivity index (χ0) is 13.2. The van der Waals surface area contributed by atoms with E-state index in [0.29, 0.717) is 18.0 Å². The van der Waals surface area contributed by atoms with E-state index < -0.39 is 10.0 Å². The molecule has 2 rings (SSSR count). The van der Waals surface area contributed by atoms with Crippen LogP contribution in [0.2, 0.25) is 0 Å². The third kappa shape index (κ3) is 2.77. The summed E-state index contributed by atoms with van der Waals surface area (Å²) >= 11 is 0. The standard InChI is InChI=1S/C10H13N3O4S/c1-2-17-11-10(14)8-3-4-9-12-18(15,16)6-5-13(9)7-8/h3-4,7H,2,5-6H2,1H3,(H,11,14). The van der Waals surface area contributed by atoms with Crippen molar-refractivity contribution in [3.8, 4) is 0 Å². The lowest BCUT2D eigenvalue weighted by atomic mass is 10.2. The van der Waals surface area contributed by atoms with Gasteiger partial charge in [0.2, 0.25) is 0 Å². The summed E-state index contributed by atoms with van der Waals surface area (Å²) in [5.41, 5.74) is 2.66. The Morgan fingerprint density at radius 1 is 1.56 bits per heavy atom. The molecular formula is C10H13N3O4S. The molecule has 0 atom stereocenters. The first-order valence-corrected chi connectivity index (χ1v) is 7.04. The van der Waals surface area contributed by atoms with Crippen molar-refractivity contribution in [2.45, 2.75) is 6.92 Å². The van der Waals surface area contributed by atoms with E-state index in [9.17, 15) is 13.2 Å². The van der Waals surface area contributed by atoms with Gasteiger partial charge in [0.25, 0.3) is 15.9 Å². The van der Waals surface area contributed by atoms with Crippen molar-refractivity contribution >= 4 is 21.8 Å². The van der Waals surface area contributed by atoms with Crippen molar-refractivity contribution in [1.82, 2.24) is 10.4 Å². The van der Waals surface area contributed by atoms with Gasteiger partial charge in [0.15, 0.2) is 0 Å². The van der Waals surface area contributed by atoms with Crippen LogP contribution in [-0.2, 0) is 19.7 Å². The summed E-state index contributed by atoms with van der Waals surface area (Å²) in [5, 5.41) is 0. The Hall–Kier alpha value is -1.67. The number of nitrogens with zero attached hydrogens (tertiary/aromatic N) is 2. The minimum Gasteiger partial charge on any atom is -0.330 e. The Bertz CT molecular complexity index is 547. The molecule has 2 aliphatic rings. The van der Waals surface area contributed by atoms with Crippen LogP contribution in [0.5, 0.6) is 0 Å². The minimum atomic E-state index is -3.36. The second-order valence-electron chi connectivity index (χ2n) is 3.71. The Morgan fingerprint density at radius 2 is 2.33 bits per heavy atom. The van der Waals surface area contributed by atoms with Crippen LogP contribution in [0.1, 0.15) is 6.92 Å². The lowest BCUT2D eigenvalue weighted by Crippen LogP contribution is -2.38. The number of carbonyl (C=O) groups is 1. The van der Waals surface area contributed by atoms with Crippen molar-refractivity contribution in [1.29, 1.82) is 0 Å². The van der Waals surface area contributed by atoms with Crippen molar-refractivity contribution in [2.75, 3.05) is 18.9 Å². The van der Waals surface area contributed by atoms with Crippen molar-refractivity contribution < 1.29 is 18.0 Å². The highest BCUT2D eigenvalue weighted by Crippen LogP contribution is 2.15. The van der Waals surface area contributed by atoms with Gasteiger partial charge < -0.3 is 4.90 Å². The van der Waals surface area contributed by atoms with Crippen LogP contribution >= 0.6 is 0 Å². The van der Waals surface area contributed by atoms with Gasteiger partial charge in [0.1, 0.15) is 5.84 Å². The van der Waals surface area contributed by atoms with Gasteiger partial charge in [-0.2, -0.15) is 0 Å². The van der Waals surface area contributed by atoms with Crippen LogP contribution in [0.15, 0.2) is 28.3 Å². The Balaban J connectivity index is 2.15. The number of rotatable bonds is 3. The summed E-state index contributed by atoms with van der Waals surface area (Å²) < 4.78 is 26.2. The molecule has 0 radical (unpaired) electrons. The maximum atomic E-state index is 11.6. The first-order valence-electron chi connectivity index (χ1n) is 5.43. The van der Waals surface area contributed by atoms with Gasteiger partial charge >= 0.3 is 0 Å². The molecule has 2 aliphatic heterocycles. The number of hydrogen-bond acceptors (Lipinski definition) is 5. The number of hydrogen-bond donors (Lipinski definition) is 1. The smallest absolute Gasteiger partial charge is 0.276 e. The Morgan fingerprint density at radius 3 is 3.06 bits per heavy atom. The predicted molar refractivity (Wildman–Crippen MR) is 64.9 cm³/mol. The fourth-order valence-electron chi connectivity index (χ4n) is 1.53. The number of sulfonamides is 1. The van der Waals surface area contributed by atoms with Crippen LogP contribution in [0.3, 0.4) is 0 Å². The molecule has 0 aromatic carbocycles. The van der Waals surface area contributed by atoms with Gasteiger partial charge in [-0.05, 0) is 19.1 Å². The van der Waals surface area contributed by atoms with Gasteiger partial charge in [-0.25, -0.2) is 13.9 Å². The molecule has 98 valence electrons. The summed E-state index contributed by atoms with van der Waals surface area (Å²) in [5.74, 6) is -0.101. The number of amidine groups is 1. The topological polar surface area (TPSA) is 88.1 Å². The average Bonchev–Trinajstić information content (AvgIpc) is 2.34. The van der Waals surface area contributed by atoms with Gasteiger partial charge in [-0.15, -0.1) is 4.40 Å². The SMILES string of the molecule is CCONC(=O)C1=CN2CCS(=O)(=O)N=C2C=C1. The number of fused-ring (bicyclic) bond motifs is 1. The molecule has 0 spiro atoms. The van der Waals surface area contributed by atoms with E-state index in [-0.39, 0.29) is 18.2 Å². The highest BCUT2D eigenvalue weighted by atomic mass is 32.2. The second-order valence-corrected chi connectivity index (χ2v) is 5.47. The van der Waals surface area contributed by atoms with E-state index in [0.717, 1.165) is 0 Å². The van der Waals surface area contributed by atoms with Crippen LogP contribution in [0, 0.1) is 0 Å². The quantitative estimate of drug-likeness (QED) is 0.702. The average molecular weight is 271 g/mol. The van der Waals surface area contributed by atoms with E-state index in [1.807, 2.05) is 0 Å². The monoisotopic (exact) mass is 271 g/mol. The molecule has 8 heteroatoms. The molecule has 0 aromatic rings. The van der Waals surface area contributed by atoms with E-state index in [1.54, 1.807) is 18.0 Å². The molecule has 0 saturated carbocycles. The fraction of sp³-hybridized carbons (Fsp3) is 0.400. The normalized spacial score (nSPS) is 20.8.